The van der Waals surface area contributed by atoms with Crippen LogP contribution in [-0.2, 0) is 11.3 Å². The van der Waals surface area contributed by atoms with E-state index in [4.69, 9.17) is 9.15 Å². The summed E-state index contributed by atoms with van der Waals surface area (Å²) in [4.78, 5) is 34.2. The third kappa shape index (κ3) is 3.57. The van der Waals surface area contributed by atoms with Crippen molar-refractivity contribution >= 4 is 22.6 Å². The van der Waals surface area contributed by atoms with E-state index >= 15 is 0 Å². The zero-order valence-corrected chi connectivity index (χ0v) is 15.5. The molecule has 3 rings (SSSR count). The summed E-state index contributed by atoms with van der Waals surface area (Å²) in [5.74, 6) is -0.713. The van der Waals surface area contributed by atoms with Crippen LogP contribution in [0.1, 0.15) is 27.0 Å². The number of carbonyl (C=O) groups excluding carboxylic acids is 1. The minimum atomic E-state index is -0.688. The Morgan fingerprint density at radius 2 is 1.93 bits per heavy atom. The van der Waals surface area contributed by atoms with Crippen LogP contribution < -0.4 is 10.4 Å². The molecule has 0 aliphatic carbocycles. The fraction of sp³-hybridized carbons (Fsp3) is 0.200. The van der Waals surface area contributed by atoms with E-state index in [0.717, 1.165) is 17.2 Å². The number of benzene rings is 2. The van der Waals surface area contributed by atoms with E-state index in [1.165, 1.54) is 25.3 Å². The van der Waals surface area contributed by atoms with Crippen molar-refractivity contribution in [2.45, 2.75) is 20.5 Å². The summed E-state index contributed by atoms with van der Waals surface area (Å²) in [6.07, 6.45) is 0. The number of nitrogens with zero attached hydrogens (tertiary/aromatic N) is 1. The van der Waals surface area contributed by atoms with E-state index < -0.39 is 16.5 Å². The lowest BCUT2D eigenvalue weighted by molar-refractivity contribution is -0.386. The minimum Gasteiger partial charge on any atom is -0.482 e. The Hall–Kier alpha value is -3.68. The molecule has 144 valence electrons. The van der Waals surface area contributed by atoms with Crippen LogP contribution in [0.5, 0.6) is 5.75 Å². The minimum absolute atomic E-state index is 0.0251. The SMILES string of the molecule is COC(=O)c1ccc(OCc2cc(=O)oc3c(C)c(C)ccc23)c([N+](=O)[O-])c1. The maximum Gasteiger partial charge on any atom is 0.338 e. The Morgan fingerprint density at radius 3 is 2.61 bits per heavy atom. The molecule has 0 aliphatic rings. The number of rotatable bonds is 5. The molecule has 0 fully saturated rings. The van der Waals surface area contributed by atoms with E-state index in [9.17, 15) is 19.7 Å². The van der Waals surface area contributed by atoms with Gasteiger partial charge in [-0.25, -0.2) is 9.59 Å². The highest BCUT2D eigenvalue weighted by atomic mass is 16.6. The second-order valence-electron chi connectivity index (χ2n) is 6.19. The second kappa shape index (κ2) is 7.51. The van der Waals surface area contributed by atoms with Gasteiger partial charge in [0.1, 0.15) is 12.2 Å². The molecule has 0 aliphatic heterocycles. The Balaban J connectivity index is 1.99. The Labute approximate surface area is 159 Å². The van der Waals surface area contributed by atoms with Gasteiger partial charge in [0.15, 0.2) is 5.75 Å². The van der Waals surface area contributed by atoms with Gasteiger partial charge in [-0.05, 0) is 37.1 Å². The van der Waals surface area contributed by atoms with Crippen LogP contribution in [0.2, 0.25) is 0 Å². The van der Waals surface area contributed by atoms with Crippen LogP contribution in [0, 0.1) is 24.0 Å². The lowest BCUT2D eigenvalue weighted by atomic mass is 10.0. The highest BCUT2D eigenvalue weighted by Gasteiger charge is 2.20. The van der Waals surface area contributed by atoms with Gasteiger partial charge in [0.25, 0.3) is 0 Å². The summed E-state index contributed by atoms with van der Waals surface area (Å²) < 4.78 is 15.5. The van der Waals surface area contributed by atoms with Crippen molar-refractivity contribution in [3.05, 3.63) is 79.2 Å². The largest absolute Gasteiger partial charge is 0.482 e. The normalized spacial score (nSPS) is 10.7. The molecule has 2 aromatic carbocycles. The smallest absolute Gasteiger partial charge is 0.338 e. The number of aryl methyl sites for hydroxylation is 2. The predicted octanol–water partition coefficient (Wildman–Crippen LogP) is 3.68. The monoisotopic (exact) mass is 383 g/mol. The Morgan fingerprint density at radius 1 is 1.18 bits per heavy atom. The quantitative estimate of drug-likeness (QED) is 0.286. The molecule has 1 aromatic heterocycles. The van der Waals surface area contributed by atoms with E-state index in [0.29, 0.717) is 16.5 Å². The fourth-order valence-electron chi connectivity index (χ4n) is 2.83. The van der Waals surface area contributed by atoms with Gasteiger partial charge in [0, 0.05) is 23.1 Å². The first-order chi connectivity index (χ1) is 13.3. The molecule has 0 bridgehead atoms. The third-order valence-electron chi connectivity index (χ3n) is 4.48. The Kier molecular flexibility index (Phi) is 5.12. The second-order valence-corrected chi connectivity index (χ2v) is 6.19. The van der Waals surface area contributed by atoms with Crippen LogP contribution in [0.15, 0.2) is 45.6 Å². The number of fused-ring (bicyclic) bond motifs is 1. The first-order valence-corrected chi connectivity index (χ1v) is 8.34. The van der Waals surface area contributed by atoms with Gasteiger partial charge >= 0.3 is 17.3 Å². The summed E-state index contributed by atoms with van der Waals surface area (Å²) in [6, 6.07) is 8.80. The standard InChI is InChI=1S/C20H17NO7/c1-11-4-6-15-14(9-18(22)28-19(15)12(11)2)10-27-17-7-5-13(20(23)26-3)8-16(17)21(24)25/h4-9H,10H2,1-3H3. The first kappa shape index (κ1) is 19.1. The van der Waals surface area contributed by atoms with Gasteiger partial charge in [-0.2, -0.15) is 0 Å². The molecule has 0 saturated heterocycles. The molecule has 0 radical (unpaired) electrons. The van der Waals surface area contributed by atoms with Crippen molar-refractivity contribution in [1.29, 1.82) is 0 Å². The number of hydrogen-bond donors (Lipinski definition) is 0. The van der Waals surface area contributed by atoms with Crippen LogP contribution >= 0.6 is 0 Å². The molecule has 0 unspecified atom stereocenters. The number of ether oxygens (including phenoxy) is 2. The molecule has 0 spiro atoms. The van der Waals surface area contributed by atoms with Crippen LogP contribution in [0.25, 0.3) is 11.0 Å². The number of nitro groups is 1. The topological polar surface area (TPSA) is 109 Å². The molecule has 0 N–H and O–H groups in total. The van der Waals surface area contributed by atoms with E-state index in [1.807, 2.05) is 26.0 Å². The summed E-state index contributed by atoms with van der Waals surface area (Å²) >= 11 is 0. The van der Waals surface area contributed by atoms with Gasteiger partial charge in [0.2, 0.25) is 0 Å². The first-order valence-electron chi connectivity index (χ1n) is 8.34. The predicted molar refractivity (Wildman–Crippen MR) is 101 cm³/mol. The molecule has 8 nitrogen and oxygen atoms in total. The molecular weight excluding hydrogens is 366 g/mol. The van der Waals surface area contributed by atoms with E-state index in [1.54, 1.807) is 0 Å². The summed E-state index contributed by atoms with van der Waals surface area (Å²) in [5.41, 5.74) is 1.95. The van der Waals surface area contributed by atoms with Crippen molar-refractivity contribution in [2.75, 3.05) is 7.11 Å². The molecule has 1 heterocycles. The highest BCUT2D eigenvalue weighted by Crippen LogP contribution is 2.30. The molecule has 0 atom stereocenters. The van der Waals surface area contributed by atoms with Crippen molar-refractivity contribution < 1.29 is 23.6 Å². The average molecular weight is 383 g/mol. The van der Waals surface area contributed by atoms with Gasteiger partial charge < -0.3 is 13.9 Å². The van der Waals surface area contributed by atoms with Crippen molar-refractivity contribution in [3.63, 3.8) is 0 Å². The van der Waals surface area contributed by atoms with Gasteiger partial charge in [-0.3, -0.25) is 10.1 Å². The number of esters is 1. The van der Waals surface area contributed by atoms with E-state index in [2.05, 4.69) is 4.74 Å². The number of carbonyl (C=O) groups is 1. The average Bonchev–Trinajstić information content (AvgIpc) is 2.68. The maximum atomic E-state index is 11.9. The zero-order valence-electron chi connectivity index (χ0n) is 15.5. The van der Waals surface area contributed by atoms with Gasteiger partial charge in [-0.1, -0.05) is 12.1 Å². The summed E-state index contributed by atoms with van der Waals surface area (Å²) in [7, 11) is 1.19. The fourth-order valence-corrected chi connectivity index (χ4v) is 2.83. The third-order valence-corrected chi connectivity index (χ3v) is 4.48. The van der Waals surface area contributed by atoms with Crippen molar-refractivity contribution in [1.82, 2.24) is 0 Å². The van der Waals surface area contributed by atoms with Crippen LogP contribution in [0.4, 0.5) is 5.69 Å². The highest BCUT2D eigenvalue weighted by molar-refractivity contribution is 5.90. The summed E-state index contributed by atoms with van der Waals surface area (Å²) in [6.45, 7) is 3.68. The maximum absolute atomic E-state index is 11.9. The lowest BCUT2D eigenvalue weighted by Crippen LogP contribution is -2.07. The molecule has 0 saturated carbocycles. The lowest BCUT2D eigenvalue weighted by Gasteiger charge is -2.11. The van der Waals surface area contributed by atoms with Gasteiger partial charge in [0.05, 0.1) is 17.6 Å². The van der Waals surface area contributed by atoms with Crippen LogP contribution in [0.3, 0.4) is 0 Å². The van der Waals surface area contributed by atoms with Crippen molar-refractivity contribution in [3.8, 4) is 5.75 Å². The molecule has 0 amide bonds. The van der Waals surface area contributed by atoms with E-state index in [-0.39, 0.29) is 23.6 Å². The Bertz CT molecular complexity index is 1150. The number of nitro benzene ring substituents is 1. The zero-order chi connectivity index (χ0) is 20.4. The van der Waals surface area contributed by atoms with Crippen LogP contribution in [-0.4, -0.2) is 18.0 Å². The van der Waals surface area contributed by atoms with Crippen molar-refractivity contribution in [2.24, 2.45) is 0 Å². The molecule has 3 aromatic rings. The van der Waals surface area contributed by atoms with Gasteiger partial charge in [-0.15, -0.1) is 0 Å². The number of methoxy groups -OCH3 is 1. The number of hydrogen-bond acceptors (Lipinski definition) is 7. The molecular formula is C20H17NO7. The summed E-state index contributed by atoms with van der Waals surface area (Å²) in [5, 5.41) is 12.0. The molecule has 28 heavy (non-hydrogen) atoms. The molecule has 8 heteroatoms.